The lowest BCUT2D eigenvalue weighted by atomic mass is 9.79. The number of piperidine rings is 2. The zero-order chi connectivity index (χ0) is 23.2. The van der Waals surface area contributed by atoms with Gasteiger partial charge in [0.1, 0.15) is 11.2 Å². The van der Waals surface area contributed by atoms with Crippen molar-refractivity contribution in [2.24, 2.45) is 11.8 Å². The van der Waals surface area contributed by atoms with Crippen LogP contribution in [0.2, 0.25) is 0 Å². The quantitative estimate of drug-likeness (QED) is 0.471. The molecule has 1 saturated carbocycles. The molecule has 1 atom stereocenters. The Morgan fingerprint density at radius 3 is 2.03 bits per heavy atom. The van der Waals surface area contributed by atoms with Crippen LogP contribution in [0.25, 0.3) is 0 Å². The van der Waals surface area contributed by atoms with Crippen LogP contribution in [0.4, 0.5) is 9.59 Å². The van der Waals surface area contributed by atoms with E-state index in [-0.39, 0.29) is 12.2 Å². The minimum atomic E-state index is -0.486. The predicted molar refractivity (Wildman–Crippen MR) is 127 cm³/mol. The van der Waals surface area contributed by atoms with Gasteiger partial charge in [-0.1, -0.05) is 19.3 Å². The highest BCUT2D eigenvalue weighted by molar-refractivity contribution is 5.68. The van der Waals surface area contributed by atoms with Crippen LogP contribution < -0.4 is 0 Å². The van der Waals surface area contributed by atoms with E-state index in [1.54, 1.807) is 0 Å². The van der Waals surface area contributed by atoms with E-state index in [9.17, 15) is 9.59 Å². The summed E-state index contributed by atoms with van der Waals surface area (Å²) in [4.78, 5) is 29.2. The van der Waals surface area contributed by atoms with Gasteiger partial charge in [0.15, 0.2) is 0 Å². The van der Waals surface area contributed by atoms with Gasteiger partial charge in [-0.2, -0.15) is 0 Å². The third kappa shape index (κ3) is 7.28. The van der Waals surface area contributed by atoms with Crippen molar-refractivity contribution in [3.63, 3.8) is 0 Å². The molecule has 6 nitrogen and oxygen atoms in total. The van der Waals surface area contributed by atoms with Crippen LogP contribution in [0.1, 0.15) is 105 Å². The third-order valence-electron chi connectivity index (χ3n) is 7.85. The first kappa shape index (κ1) is 25.2. The number of carbonyl (C=O) groups excluding carboxylic acids is 2. The fraction of sp³-hybridized carbons (Fsp3) is 0.923. The van der Waals surface area contributed by atoms with Crippen molar-refractivity contribution in [2.45, 2.75) is 116 Å². The molecule has 0 bridgehead atoms. The summed E-state index contributed by atoms with van der Waals surface area (Å²) in [6.07, 6.45) is 13.0. The van der Waals surface area contributed by atoms with Gasteiger partial charge in [-0.3, -0.25) is 0 Å². The smallest absolute Gasteiger partial charge is 0.410 e. The summed E-state index contributed by atoms with van der Waals surface area (Å²) in [6.45, 7) is 11.3. The van der Waals surface area contributed by atoms with E-state index in [0.29, 0.717) is 11.8 Å². The molecule has 0 aromatic carbocycles. The molecule has 0 radical (unpaired) electrons. The lowest BCUT2D eigenvalue weighted by Gasteiger charge is -2.40. The van der Waals surface area contributed by atoms with Gasteiger partial charge < -0.3 is 19.3 Å². The molecule has 2 amide bonds. The molecule has 6 heteroatoms. The van der Waals surface area contributed by atoms with Crippen LogP contribution in [-0.4, -0.2) is 59.4 Å². The van der Waals surface area contributed by atoms with Crippen LogP contribution in [-0.2, 0) is 9.47 Å². The lowest BCUT2D eigenvalue weighted by molar-refractivity contribution is -0.0397. The number of amides is 2. The molecule has 0 spiro atoms. The minimum absolute atomic E-state index is 0.152. The molecule has 1 aliphatic carbocycles. The van der Waals surface area contributed by atoms with Crippen molar-refractivity contribution in [1.82, 2.24) is 9.80 Å². The first-order chi connectivity index (χ1) is 15.2. The SMILES string of the molecule is CC(C)(CCC1CCCN(C(=O)OC(C)(C)C2CCCCC2)C1)OC(=O)N1CCCCC1. The van der Waals surface area contributed by atoms with E-state index < -0.39 is 11.2 Å². The summed E-state index contributed by atoms with van der Waals surface area (Å²) in [5, 5.41) is 0. The molecule has 2 aliphatic heterocycles. The highest BCUT2D eigenvalue weighted by Gasteiger charge is 2.37. The molecular formula is C26H46N2O4. The first-order valence-electron chi connectivity index (χ1n) is 13.1. The number of hydrogen-bond acceptors (Lipinski definition) is 4. The molecule has 3 fully saturated rings. The van der Waals surface area contributed by atoms with E-state index >= 15 is 0 Å². The fourth-order valence-electron chi connectivity index (χ4n) is 5.62. The van der Waals surface area contributed by atoms with Crippen LogP contribution in [0.5, 0.6) is 0 Å². The summed E-state index contributed by atoms with van der Waals surface area (Å²) in [7, 11) is 0. The first-order valence-corrected chi connectivity index (χ1v) is 13.1. The topological polar surface area (TPSA) is 59.1 Å². The summed E-state index contributed by atoms with van der Waals surface area (Å²) in [6, 6.07) is 0. The largest absolute Gasteiger partial charge is 0.443 e. The zero-order valence-corrected chi connectivity index (χ0v) is 21.0. The summed E-state index contributed by atoms with van der Waals surface area (Å²) >= 11 is 0. The third-order valence-corrected chi connectivity index (χ3v) is 7.85. The highest BCUT2D eigenvalue weighted by atomic mass is 16.6. The maximum atomic E-state index is 13.0. The van der Waals surface area contributed by atoms with Crippen molar-refractivity contribution in [2.75, 3.05) is 26.2 Å². The molecule has 0 N–H and O–H groups in total. The van der Waals surface area contributed by atoms with Crippen LogP contribution in [0.15, 0.2) is 0 Å². The molecule has 2 heterocycles. The number of rotatable bonds is 6. The van der Waals surface area contributed by atoms with Gasteiger partial charge in [0.2, 0.25) is 0 Å². The Hall–Kier alpha value is -1.46. The summed E-state index contributed by atoms with van der Waals surface area (Å²) in [5.41, 5.74) is -0.880. The second kappa shape index (κ2) is 11.1. The van der Waals surface area contributed by atoms with Crippen molar-refractivity contribution in [1.29, 1.82) is 0 Å². The molecule has 32 heavy (non-hydrogen) atoms. The van der Waals surface area contributed by atoms with Gasteiger partial charge in [-0.15, -0.1) is 0 Å². The average Bonchev–Trinajstić information content (AvgIpc) is 2.78. The normalized spacial score (nSPS) is 23.7. The lowest BCUT2D eigenvalue weighted by Crippen LogP contribution is -2.46. The number of hydrogen-bond donors (Lipinski definition) is 0. The highest BCUT2D eigenvalue weighted by Crippen LogP contribution is 2.35. The van der Waals surface area contributed by atoms with Crippen molar-refractivity contribution < 1.29 is 19.1 Å². The van der Waals surface area contributed by atoms with E-state index in [1.807, 2.05) is 23.6 Å². The molecule has 184 valence electrons. The number of likely N-dealkylation sites (tertiary alicyclic amines) is 2. The molecule has 0 aromatic heterocycles. The molecule has 0 aromatic rings. The Bertz CT molecular complexity index is 621. The Balaban J connectivity index is 1.44. The monoisotopic (exact) mass is 450 g/mol. The van der Waals surface area contributed by atoms with E-state index in [0.717, 1.165) is 77.5 Å². The fourth-order valence-corrected chi connectivity index (χ4v) is 5.62. The average molecular weight is 451 g/mol. The number of ether oxygens (including phenoxy) is 2. The van der Waals surface area contributed by atoms with E-state index in [4.69, 9.17) is 9.47 Å². The van der Waals surface area contributed by atoms with E-state index in [2.05, 4.69) is 13.8 Å². The van der Waals surface area contributed by atoms with Crippen molar-refractivity contribution in [3.8, 4) is 0 Å². The van der Waals surface area contributed by atoms with Gasteiger partial charge in [0.25, 0.3) is 0 Å². The van der Waals surface area contributed by atoms with Gasteiger partial charge in [-0.05, 0) is 97.3 Å². The van der Waals surface area contributed by atoms with Crippen molar-refractivity contribution in [3.05, 3.63) is 0 Å². The zero-order valence-electron chi connectivity index (χ0n) is 21.0. The Morgan fingerprint density at radius 1 is 0.750 bits per heavy atom. The van der Waals surface area contributed by atoms with Crippen LogP contribution in [0.3, 0.4) is 0 Å². The Labute approximate surface area is 195 Å². The van der Waals surface area contributed by atoms with Crippen molar-refractivity contribution >= 4 is 12.2 Å². The summed E-state index contributed by atoms with van der Waals surface area (Å²) < 4.78 is 11.9. The Morgan fingerprint density at radius 2 is 1.34 bits per heavy atom. The number of nitrogens with zero attached hydrogens (tertiary/aromatic N) is 2. The standard InChI is InChI=1S/C26H46N2O4/c1-25(2,31-23(29)27-17-9-6-10-18-27)16-15-21-12-11-19-28(20-21)24(30)32-26(3,4)22-13-7-5-8-14-22/h21-22H,5-20H2,1-4H3. The minimum Gasteiger partial charge on any atom is -0.443 e. The van der Waals surface area contributed by atoms with Gasteiger partial charge in [0, 0.05) is 26.2 Å². The maximum Gasteiger partial charge on any atom is 0.410 e. The molecule has 1 unspecified atom stereocenters. The van der Waals surface area contributed by atoms with Gasteiger partial charge >= 0.3 is 12.2 Å². The van der Waals surface area contributed by atoms with Crippen LogP contribution >= 0.6 is 0 Å². The summed E-state index contributed by atoms with van der Waals surface area (Å²) in [5.74, 6) is 0.901. The second-order valence-corrected chi connectivity index (χ2v) is 11.5. The second-order valence-electron chi connectivity index (χ2n) is 11.5. The molecule has 3 rings (SSSR count). The Kier molecular flexibility index (Phi) is 8.74. The van der Waals surface area contributed by atoms with Gasteiger partial charge in [0.05, 0.1) is 0 Å². The van der Waals surface area contributed by atoms with E-state index in [1.165, 1.54) is 25.7 Å². The molecule has 2 saturated heterocycles. The number of carbonyl (C=O) groups is 2. The predicted octanol–water partition coefficient (Wildman–Crippen LogP) is 6.38. The van der Waals surface area contributed by atoms with Crippen LogP contribution in [0, 0.1) is 11.8 Å². The molecule has 3 aliphatic rings. The molecular weight excluding hydrogens is 404 g/mol. The van der Waals surface area contributed by atoms with Gasteiger partial charge in [-0.25, -0.2) is 9.59 Å². The maximum absolute atomic E-state index is 13.0.